The van der Waals surface area contributed by atoms with Crippen molar-refractivity contribution in [2.45, 2.75) is 18.9 Å². The highest BCUT2D eigenvalue weighted by Crippen LogP contribution is 2.28. The number of amides is 1. The molecule has 1 amide bonds. The normalized spacial score (nSPS) is 26.3. The number of ether oxygens (including phenoxy) is 2. The Morgan fingerprint density at radius 3 is 2.55 bits per heavy atom. The van der Waals surface area contributed by atoms with E-state index in [1.165, 1.54) is 12.8 Å². The molecule has 0 spiro atoms. The van der Waals surface area contributed by atoms with Crippen molar-refractivity contribution in [1.29, 1.82) is 0 Å². The van der Waals surface area contributed by atoms with Crippen LogP contribution in [0.3, 0.4) is 0 Å². The Morgan fingerprint density at radius 2 is 1.86 bits per heavy atom. The van der Waals surface area contributed by atoms with Gasteiger partial charge in [0, 0.05) is 31.2 Å². The monoisotopic (exact) mass is 398 g/mol. The molecule has 0 radical (unpaired) electrons. The van der Waals surface area contributed by atoms with Gasteiger partial charge in [-0.2, -0.15) is 4.98 Å². The molecule has 4 fully saturated rings. The van der Waals surface area contributed by atoms with E-state index in [0.29, 0.717) is 36.3 Å². The van der Waals surface area contributed by atoms with E-state index in [1.54, 1.807) is 30.5 Å². The molecule has 0 aliphatic carbocycles. The van der Waals surface area contributed by atoms with E-state index in [0.717, 1.165) is 32.7 Å². The first kappa shape index (κ1) is 18.4. The number of nitrogens with zero attached hydrogens (tertiary/aromatic N) is 3. The molecular weight excluding hydrogens is 372 g/mol. The second-order valence-electron chi connectivity index (χ2n) is 7.91. The van der Waals surface area contributed by atoms with E-state index < -0.39 is 0 Å². The van der Waals surface area contributed by atoms with Crippen LogP contribution in [-0.2, 0) is 4.74 Å². The van der Waals surface area contributed by atoms with E-state index in [1.807, 2.05) is 0 Å². The van der Waals surface area contributed by atoms with Gasteiger partial charge in [-0.1, -0.05) is 0 Å². The van der Waals surface area contributed by atoms with Crippen molar-refractivity contribution in [2.24, 2.45) is 5.92 Å². The molecule has 1 aromatic heterocycles. The van der Waals surface area contributed by atoms with Crippen LogP contribution in [0.15, 0.2) is 34.9 Å². The summed E-state index contributed by atoms with van der Waals surface area (Å²) < 4.78 is 16.7. The van der Waals surface area contributed by atoms with Gasteiger partial charge in [0.15, 0.2) is 0 Å². The Hall–Kier alpha value is -2.58. The fourth-order valence-electron chi connectivity index (χ4n) is 4.38. The lowest BCUT2D eigenvalue weighted by Gasteiger charge is -2.44. The zero-order chi connectivity index (χ0) is 19.6. The highest BCUT2D eigenvalue weighted by molar-refractivity contribution is 5.94. The maximum atomic E-state index is 12.6. The van der Waals surface area contributed by atoms with Gasteiger partial charge < -0.3 is 29.0 Å². The predicted molar refractivity (Wildman–Crippen MR) is 106 cm³/mol. The van der Waals surface area contributed by atoms with Gasteiger partial charge in [-0.3, -0.25) is 4.79 Å². The molecule has 8 heteroatoms. The summed E-state index contributed by atoms with van der Waals surface area (Å²) in [5, 5.41) is 3.21. The van der Waals surface area contributed by atoms with Crippen molar-refractivity contribution in [1.82, 2.24) is 15.2 Å². The minimum atomic E-state index is -0.0268. The van der Waals surface area contributed by atoms with Crippen LogP contribution in [-0.4, -0.2) is 67.8 Å². The molecule has 2 aromatic rings. The van der Waals surface area contributed by atoms with Gasteiger partial charge in [0.05, 0.1) is 19.4 Å². The maximum Gasteiger partial charge on any atom is 0.400 e. The zero-order valence-electron chi connectivity index (χ0n) is 16.4. The van der Waals surface area contributed by atoms with Crippen molar-refractivity contribution in [3.8, 4) is 11.8 Å². The van der Waals surface area contributed by atoms with Crippen LogP contribution >= 0.6 is 0 Å². The van der Waals surface area contributed by atoms with Crippen molar-refractivity contribution < 1.29 is 18.7 Å². The molecule has 4 aliphatic rings. The Labute approximate surface area is 169 Å². The van der Waals surface area contributed by atoms with E-state index in [9.17, 15) is 4.79 Å². The van der Waals surface area contributed by atoms with Crippen LogP contribution in [0, 0.1) is 5.92 Å². The number of benzene rings is 1. The average molecular weight is 398 g/mol. The Balaban J connectivity index is 1.18. The Kier molecular flexibility index (Phi) is 5.12. The largest absolute Gasteiger partial charge is 0.411 e. The molecule has 1 N–H and O–H groups in total. The summed E-state index contributed by atoms with van der Waals surface area (Å²) in [7, 11) is 0. The molecule has 8 nitrogen and oxygen atoms in total. The summed E-state index contributed by atoms with van der Waals surface area (Å²) >= 11 is 0. The van der Waals surface area contributed by atoms with Crippen molar-refractivity contribution in [3.63, 3.8) is 0 Å². The van der Waals surface area contributed by atoms with Gasteiger partial charge in [0.25, 0.3) is 5.91 Å². The molecule has 4 aliphatic heterocycles. The van der Waals surface area contributed by atoms with E-state index in [4.69, 9.17) is 13.9 Å². The van der Waals surface area contributed by atoms with Gasteiger partial charge in [-0.15, -0.1) is 0 Å². The van der Waals surface area contributed by atoms with E-state index >= 15 is 0 Å². The van der Waals surface area contributed by atoms with Crippen LogP contribution in [0.5, 0.6) is 11.8 Å². The smallest absolute Gasteiger partial charge is 0.400 e. The van der Waals surface area contributed by atoms with Crippen LogP contribution < -0.4 is 15.0 Å². The standard InChI is InChI=1S/C21H26N4O4/c26-20(23-18-14-24-7-5-15(18)6-8-24)16-1-3-17(4-2-16)28-21-22-13-19(29-21)25-9-11-27-12-10-25/h1-4,13,15,18H,5-12,14H2,(H,23,26)/t18-/m0/s1. The number of hydrogen-bond donors (Lipinski definition) is 1. The first-order valence-corrected chi connectivity index (χ1v) is 10.3. The third kappa shape index (κ3) is 4.09. The minimum Gasteiger partial charge on any atom is -0.411 e. The summed E-state index contributed by atoms with van der Waals surface area (Å²) in [5.41, 5.74) is 0.634. The number of oxazole rings is 1. The number of carbonyl (C=O) groups is 1. The Morgan fingerprint density at radius 1 is 1.10 bits per heavy atom. The number of anilines is 1. The number of carbonyl (C=O) groups excluding carboxylic acids is 1. The van der Waals surface area contributed by atoms with Crippen LogP contribution in [0.1, 0.15) is 23.2 Å². The molecule has 1 aromatic carbocycles. The van der Waals surface area contributed by atoms with Crippen LogP contribution in [0.2, 0.25) is 0 Å². The lowest BCUT2D eigenvalue weighted by molar-refractivity contribution is 0.0620. The summed E-state index contributed by atoms with van der Waals surface area (Å²) in [6, 6.07) is 7.34. The predicted octanol–water partition coefficient (Wildman–Crippen LogP) is 2.13. The third-order valence-corrected chi connectivity index (χ3v) is 6.09. The van der Waals surface area contributed by atoms with Gasteiger partial charge in [-0.05, 0) is 56.1 Å². The maximum absolute atomic E-state index is 12.6. The fraction of sp³-hybridized carbons (Fsp3) is 0.524. The second-order valence-corrected chi connectivity index (χ2v) is 7.91. The number of nitrogens with one attached hydrogen (secondary N) is 1. The minimum absolute atomic E-state index is 0.0268. The number of morpholine rings is 1. The molecule has 154 valence electrons. The molecule has 0 unspecified atom stereocenters. The number of rotatable bonds is 5. The van der Waals surface area contributed by atoms with Gasteiger partial charge in [-0.25, -0.2) is 0 Å². The summed E-state index contributed by atoms with van der Waals surface area (Å²) in [4.78, 5) is 21.3. The highest BCUT2D eigenvalue weighted by Gasteiger charge is 2.34. The molecule has 1 atom stereocenters. The molecular formula is C21H26N4O4. The zero-order valence-corrected chi connectivity index (χ0v) is 16.4. The molecule has 2 bridgehead atoms. The van der Waals surface area contributed by atoms with Gasteiger partial charge in [0.1, 0.15) is 5.75 Å². The van der Waals surface area contributed by atoms with Crippen LogP contribution in [0.4, 0.5) is 5.88 Å². The topological polar surface area (TPSA) is 80.1 Å². The average Bonchev–Trinajstić information content (AvgIpc) is 3.24. The molecule has 6 rings (SSSR count). The summed E-state index contributed by atoms with van der Waals surface area (Å²) in [5.74, 6) is 1.84. The van der Waals surface area contributed by atoms with E-state index in [2.05, 4.69) is 20.1 Å². The molecule has 29 heavy (non-hydrogen) atoms. The number of piperidine rings is 3. The van der Waals surface area contributed by atoms with Gasteiger partial charge >= 0.3 is 6.08 Å². The second kappa shape index (κ2) is 8.04. The molecule has 0 saturated carbocycles. The first-order valence-electron chi connectivity index (χ1n) is 10.3. The van der Waals surface area contributed by atoms with Crippen LogP contribution in [0.25, 0.3) is 0 Å². The van der Waals surface area contributed by atoms with Crippen molar-refractivity contribution in [3.05, 3.63) is 36.0 Å². The fourth-order valence-corrected chi connectivity index (χ4v) is 4.38. The lowest BCUT2D eigenvalue weighted by atomic mass is 9.84. The Bertz CT molecular complexity index is 839. The molecule has 4 saturated heterocycles. The van der Waals surface area contributed by atoms with Crippen molar-refractivity contribution in [2.75, 3.05) is 50.8 Å². The third-order valence-electron chi connectivity index (χ3n) is 6.09. The lowest BCUT2D eigenvalue weighted by Crippen LogP contribution is -2.57. The first-order chi connectivity index (χ1) is 14.2. The summed E-state index contributed by atoms with van der Waals surface area (Å²) in [6.07, 6.45) is 4.22. The summed E-state index contributed by atoms with van der Waals surface area (Å²) in [6.45, 7) is 6.21. The van der Waals surface area contributed by atoms with Gasteiger partial charge in [0.2, 0.25) is 5.88 Å². The number of hydrogen-bond acceptors (Lipinski definition) is 7. The van der Waals surface area contributed by atoms with E-state index in [-0.39, 0.29) is 18.0 Å². The number of aromatic nitrogens is 1. The highest BCUT2D eigenvalue weighted by atomic mass is 16.6. The number of fused-ring (bicyclic) bond motifs is 3. The van der Waals surface area contributed by atoms with Crippen molar-refractivity contribution >= 4 is 11.8 Å². The molecule has 5 heterocycles. The SMILES string of the molecule is O=C(N[C@H]1CN2CCC1CC2)c1ccc(Oc2ncc(N3CCOCC3)o2)cc1. The quantitative estimate of drug-likeness (QED) is 0.826.